The van der Waals surface area contributed by atoms with Crippen molar-refractivity contribution in [1.82, 2.24) is 9.88 Å². The minimum absolute atomic E-state index is 0.0582. The van der Waals surface area contributed by atoms with Gasteiger partial charge >= 0.3 is 0 Å². The first-order valence-corrected chi connectivity index (χ1v) is 9.17. The molecule has 0 spiro atoms. The third-order valence-electron chi connectivity index (χ3n) is 4.42. The normalized spacial score (nSPS) is 20.0. The van der Waals surface area contributed by atoms with Crippen LogP contribution in [0.3, 0.4) is 0 Å². The fourth-order valence-electron chi connectivity index (χ4n) is 3.23. The second-order valence-corrected chi connectivity index (χ2v) is 7.11. The predicted octanol–water partition coefficient (Wildman–Crippen LogP) is 2.67. The van der Waals surface area contributed by atoms with Crippen LogP contribution in [0.25, 0.3) is 0 Å². The van der Waals surface area contributed by atoms with Crippen LogP contribution in [-0.4, -0.2) is 47.0 Å². The van der Waals surface area contributed by atoms with Crippen LogP contribution >= 0.6 is 11.3 Å². The smallest absolute Gasteiger partial charge is 0.273 e. The van der Waals surface area contributed by atoms with E-state index in [1.807, 2.05) is 4.90 Å². The molecule has 1 saturated heterocycles. The zero-order valence-electron chi connectivity index (χ0n) is 13.4. The van der Waals surface area contributed by atoms with Crippen molar-refractivity contribution in [3.8, 4) is 0 Å². The summed E-state index contributed by atoms with van der Waals surface area (Å²) in [7, 11) is 0. The largest absolute Gasteiger partial charge is 0.375 e. The Bertz CT molecular complexity index is 561. The van der Waals surface area contributed by atoms with Gasteiger partial charge in [0.2, 0.25) is 5.91 Å². The fourth-order valence-corrected chi connectivity index (χ4v) is 3.96. The van der Waals surface area contributed by atoms with E-state index in [0.717, 1.165) is 12.8 Å². The van der Waals surface area contributed by atoms with Crippen molar-refractivity contribution >= 4 is 28.3 Å². The first-order valence-electron chi connectivity index (χ1n) is 8.29. The van der Waals surface area contributed by atoms with Crippen LogP contribution in [0.1, 0.15) is 55.9 Å². The number of carbonyl (C=O) groups is 2. The van der Waals surface area contributed by atoms with Gasteiger partial charge in [-0.1, -0.05) is 12.8 Å². The summed E-state index contributed by atoms with van der Waals surface area (Å²) in [6.07, 6.45) is 7.43. The molecule has 1 aromatic heterocycles. The van der Waals surface area contributed by atoms with Crippen LogP contribution in [0.5, 0.6) is 0 Å². The van der Waals surface area contributed by atoms with Crippen LogP contribution in [-0.2, 0) is 9.53 Å². The number of ether oxygens (including phenoxy) is 1. The van der Waals surface area contributed by atoms with E-state index >= 15 is 0 Å². The molecule has 0 bridgehead atoms. The van der Waals surface area contributed by atoms with E-state index < -0.39 is 0 Å². The van der Waals surface area contributed by atoms with Crippen molar-refractivity contribution < 1.29 is 14.3 Å². The highest BCUT2D eigenvalue weighted by atomic mass is 32.1. The number of amides is 2. The number of likely N-dealkylation sites (tertiary alicyclic amines) is 1. The third-order valence-corrected chi connectivity index (χ3v) is 5.18. The summed E-state index contributed by atoms with van der Waals surface area (Å²) < 4.78 is 6.13. The quantitative estimate of drug-likeness (QED) is 0.917. The Morgan fingerprint density at radius 1 is 1.22 bits per heavy atom. The van der Waals surface area contributed by atoms with Gasteiger partial charge in [-0.05, 0) is 25.7 Å². The summed E-state index contributed by atoms with van der Waals surface area (Å²) in [6.45, 7) is 2.85. The van der Waals surface area contributed by atoms with E-state index in [0.29, 0.717) is 30.0 Å². The van der Waals surface area contributed by atoms with Gasteiger partial charge in [-0.15, -0.1) is 11.3 Å². The minimum atomic E-state index is -0.178. The van der Waals surface area contributed by atoms with Gasteiger partial charge < -0.3 is 15.0 Å². The van der Waals surface area contributed by atoms with Crippen molar-refractivity contribution in [1.29, 1.82) is 0 Å². The Kier molecular flexibility index (Phi) is 5.27. The van der Waals surface area contributed by atoms with Crippen LogP contribution in [0.15, 0.2) is 5.38 Å². The molecule has 3 rings (SSSR count). The summed E-state index contributed by atoms with van der Waals surface area (Å²) in [4.78, 5) is 29.5. The molecule has 1 N–H and O–H groups in total. The van der Waals surface area contributed by atoms with Crippen LogP contribution in [0.2, 0.25) is 0 Å². The number of carbonyl (C=O) groups excluding carboxylic acids is 2. The molecule has 6 nitrogen and oxygen atoms in total. The standard InChI is InChI=1S/C16H23N3O3S/c1-11(20)17-16-18-14(10-23-16)15(21)19-8-6-13(7-9-19)22-12-4-2-3-5-12/h10,12-13H,2-9H2,1H3,(H,17,18,20). The van der Waals surface area contributed by atoms with Gasteiger partial charge in [0, 0.05) is 25.4 Å². The molecule has 1 aliphatic carbocycles. The minimum Gasteiger partial charge on any atom is -0.375 e. The number of hydrogen-bond donors (Lipinski definition) is 1. The van der Waals surface area contributed by atoms with E-state index in [2.05, 4.69) is 10.3 Å². The van der Waals surface area contributed by atoms with Gasteiger partial charge in [-0.2, -0.15) is 0 Å². The van der Waals surface area contributed by atoms with Crippen molar-refractivity contribution in [2.45, 2.75) is 57.7 Å². The number of rotatable bonds is 4. The van der Waals surface area contributed by atoms with Gasteiger partial charge in [0.15, 0.2) is 5.13 Å². The number of thiazole rings is 1. The lowest BCUT2D eigenvalue weighted by Crippen LogP contribution is -2.41. The van der Waals surface area contributed by atoms with Crippen molar-refractivity contribution in [3.63, 3.8) is 0 Å². The number of hydrogen-bond acceptors (Lipinski definition) is 5. The molecule has 23 heavy (non-hydrogen) atoms. The summed E-state index contributed by atoms with van der Waals surface area (Å²) in [5.74, 6) is -0.236. The number of anilines is 1. The highest BCUT2D eigenvalue weighted by Crippen LogP contribution is 2.26. The average Bonchev–Trinajstić information content (AvgIpc) is 3.19. The van der Waals surface area contributed by atoms with E-state index in [4.69, 9.17) is 4.74 Å². The summed E-state index contributed by atoms with van der Waals surface area (Å²) in [5.41, 5.74) is 0.411. The zero-order valence-corrected chi connectivity index (χ0v) is 14.2. The molecule has 2 aliphatic rings. The van der Waals surface area contributed by atoms with Crippen LogP contribution in [0, 0.1) is 0 Å². The molecule has 0 atom stereocenters. The molecular weight excluding hydrogens is 314 g/mol. The van der Waals surface area contributed by atoms with Gasteiger partial charge in [0.25, 0.3) is 5.91 Å². The molecule has 1 aliphatic heterocycles. The number of piperidine rings is 1. The van der Waals surface area contributed by atoms with Crippen molar-refractivity contribution in [3.05, 3.63) is 11.1 Å². The maximum absolute atomic E-state index is 12.5. The highest BCUT2D eigenvalue weighted by molar-refractivity contribution is 7.14. The molecule has 1 aromatic rings. The molecule has 2 heterocycles. The summed E-state index contributed by atoms with van der Waals surface area (Å²) >= 11 is 1.28. The summed E-state index contributed by atoms with van der Waals surface area (Å²) in [6, 6.07) is 0. The second-order valence-electron chi connectivity index (χ2n) is 6.25. The lowest BCUT2D eigenvalue weighted by atomic mass is 10.1. The first-order chi connectivity index (χ1) is 11.1. The molecule has 7 heteroatoms. The maximum atomic E-state index is 12.5. The van der Waals surface area contributed by atoms with Gasteiger partial charge in [-0.3, -0.25) is 9.59 Å². The Morgan fingerprint density at radius 2 is 1.87 bits per heavy atom. The SMILES string of the molecule is CC(=O)Nc1nc(C(=O)N2CCC(OC3CCCC3)CC2)cs1. The number of aromatic nitrogens is 1. The van der Waals surface area contributed by atoms with E-state index in [9.17, 15) is 9.59 Å². The fraction of sp³-hybridized carbons (Fsp3) is 0.688. The van der Waals surface area contributed by atoms with Gasteiger partial charge in [0.05, 0.1) is 12.2 Å². The van der Waals surface area contributed by atoms with Crippen LogP contribution < -0.4 is 5.32 Å². The van der Waals surface area contributed by atoms with E-state index in [1.54, 1.807) is 5.38 Å². The zero-order chi connectivity index (χ0) is 16.2. The Morgan fingerprint density at radius 3 is 2.52 bits per heavy atom. The maximum Gasteiger partial charge on any atom is 0.273 e. The van der Waals surface area contributed by atoms with Gasteiger partial charge in [0.1, 0.15) is 5.69 Å². The number of nitrogens with one attached hydrogen (secondary N) is 1. The Hall–Kier alpha value is -1.47. The average molecular weight is 337 g/mol. The van der Waals surface area contributed by atoms with E-state index in [-0.39, 0.29) is 17.9 Å². The van der Waals surface area contributed by atoms with E-state index in [1.165, 1.54) is 43.9 Å². The van der Waals surface area contributed by atoms with Crippen molar-refractivity contribution in [2.75, 3.05) is 18.4 Å². The Labute approximate surface area is 140 Å². The topological polar surface area (TPSA) is 71.5 Å². The first kappa shape index (κ1) is 16.4. The predicted molar refractivity (Wildman–Crippen MR) is 88.7 cm³/mol. The lowest BCUT2D eigenvalue weighted by Gasteiger charge is -2.33. The van der Waals surface area contributed by atoms with Crippen LogP contribution in [0.4, 0.5) is 5.13 Å². The van der Waals surface area contributed by atoms with Gasteiger partial charge in [-0.25, -0.2) is 4.98 Å². The molecule has 1 saturated carbocycles. The molecular formula is C16H23N3O3S. The molecule has 0 radical (unpaired) electrons. The lowest BCUT2D eigenvalue weighted by molar-refractivity contribution is -0.114. The molecule has 0 unspecified atom stereocenters. The van der Waals surface area contributed by atoms with Crippen molar-refractivity contribution in [2.24, 2.45) is 0 Å². The molecule has 2 fully saturated rings. The highest BCUT2D eigenvalue weighted by Gasteiger charge is 2.28. The molecule has 0 aromatic carbocycles. The monoisotopic (exact) mass is 337 g/mol. The Balaban J connectivity index is 1.49. The third kappa shape index (κ3) is 4.29. The molecule has 2 amide bonds. The second kappa shape index (κ2) is 7.40. The summed E-state index contributed by atoms with van der Waals surface area (Å²) in [5, 5.41) is 4.78. The number of nitrogens with zero attached hydrogens (tertiary/aromatic N) is 2. The molecule has 126 valence electrons.